The second-order valence-electron chi connectivity index (χ2n) is 3.40. The molecule has 1 N–H and O–H groups in total. The van der Waals surface area contributed by atoms with Crippen LogP contribution < -0.4 is 5.32 Å². The fraction of sp³-hybridized carbons (Fsp3) is 0.154. The number of hydrogen-bond acceptors (Lipinski definition) is 2. The molecule has 1 heterocycles. The Bertz CT molecular complexity index is 469. The van der Waals surface area contributed by atoms with E-state index in [-0.39, 0.29) is 0 Å². The van der Waals surface area contributed by atoms with Gasteiger partial charge in [0.25, 0.3) is 0 Å². The zero-order chi connectivity index (χ0) is 10.5. The highest BCUT2D eigenvalue weighted by atomic mass is 14.8. The maximum Gasteiger partial charge on any atom is 0.0352 e. The van der Waals surface area contributed by atoms with Crippen LogP contribution in [0.3, 0.4) is 0 Å². The minimum atomic E-state index is 0.886. The highest BCUT2D eigenvalue weighted by molar-refractivity contribution is 5.89. The summed E-state index contributed by atoms with van der Waals surface area (Å²) in [5, 5.41) is 5.52. The first-order valence-electron chi connectivity index (χ1n) is 5.05. The molecule has 0 amide bonds. The van der Waals surface area contributed by atoms with Gasteiger partial charge < -0.3 is 5.32 Å². The minimum Gasteiger partial charge on any atom is -0.316 e. The molecule has 0 saturated carbocycles. The van der Waals surface area contributed by atoms with E-state index in [0.717, 1.165) is 6.54 Å². The van der Waals surface area contributed by atoms with Crippen molar-refractivity contribution in [2.75, 3.05) is 13.6 Å². The van der Waals surface area contributed by atoms with Gasteiger partial charge in [-0.3, -0.25) is 4.98 Å². The summed E-state index contributed by atoms with van der Waals surface area (Å²) in [5.74, 6) is 0. The summed E-state index contributed by atoms with van der Waals surface area (Å²) in [6.07, 6.45) is 7.97. The third-order valence-corrected chi connectivity index (χ3v) is 2.34. The number of rotatable bonds is 3. The average molecular weight is 198 g/mol. The van der Waals surface area contributed by atoms with E-state index in [1.54, 1.807) is 0 Å². The van der Waals surface area contributed by atoms with Crippen LogP contribution in [0.5, 0.6) is 0 Å². The number of fused-ring (bicyclic) bond motifs is 1. The second-order valence-corrected chi connectivity index (χ2v) is 3.40. The number of aromatic nitrogens is 1. The number of benzene rings is 1. The molecule has 1 aromatic carbocycles. The monoisotopic (exact) mass is 198 g/mol. The van der Waals surface area contributed by atoms with E-state index in [0.29, 0.717) is 0 Å². The van der Waals surface area contributed by atoms with Crippen LogP contribution in [0.4, 0.5) is 0 Å². The third-order valence-electron chi connectivity index (χ3n) is 2.34. The Labute approximate surface area is 89.7 Å². The molecule has 0 atom stereocenters. The normalized spacial score (nSPS) is 11.3. The molecule has 1 aromatic heterocycles. The third kappa shape index (κ3) is 2.22. The van der Waals surface area contributed by atoms with E-state index in [1.165, 1.54) is 16.3 Å². The van der Waals surface area contributed by atoms with Gasteiger partial charge in [0.05, 0.1) is 0 Å². The standard InChI is InChI=1S/C13H14N2/c1-14-8-3-6-11-4-2-5-12-7-9-15-10-13(11)12/h2-7,9-10,14H,8H2,1H3. The van der Waals surface area contributed by atoms with Gasteiger partial charge in [-0.1, -0.05) is 30.4 Å². The van der Waals surface area contributed by atoms with Crippen molar-refractivity contribution in [1.82, 2.24) is 10.3 Å². The molecule has 0 radical (unpaired) electrons. The highest BCUT2D eigenvalue weighted by Gasteiger charge is 1.95. The van der Waals surface area contributed by atoms with Gasteiger partial charge in [0.2, 0.25) is 0 Å². The van der Waals surface area contributed by atoms with Crippen molar-refractivity contribution in [2.24, 2.45) is 0 Å². The van der Waals surface area contributed by atoms with E-state index in [2.05, 4.69) is 40.7 Å². The lowest BCUT2D eigenvalue weighted by Gasteiger charge is -2.00. The molecular weight excluding hydrogens is 184 g/mol. The van der Waals surface area contributed by atoms with E-state index in [1.807, 2.05) is 25.5 Å². The summed E-state index contributed by atoms with van der Waals surface area (Å²) in [6.45, 7) is 0.886. The number of nitrogens with one attached hydrogen (secondary N) is 1. The lowest BCUT2D eigenvalue weighted by Crippen LogP contribution is -2.03. The zero-order valence-corrected chi connectivity index (χ0v) is 8.77. The Kier molecular flexibility index (Phi) is 3.10. The molecule has 2 aromatic rings. The maximum atomic E-state index is 4.15. The van der Waals surface area contributed by atoms with Crippen LogP contribution in [0.25, 0.3) is 16.8 Å². The van der Waals surface area contributed by atoms with Crippen LogP contribution in [0.15, 0.2) is 42.7 Å². The van der Waals surface area contributed by atoms with Crippen molar-refractivity contribution in [2.45, 2.75) is 0 Å². The number of hydrogen-bond donors (Lipinski definition) is 1. The largest absolute Gasteiger partial charge is 0.316 e. The minimum absolute atomic E-state index is 0.886. The van der Waals surface area contributed by atoms with Crippen LogP contribution in [0.1, 0.15) is 5.56 Å². The quantitative estimate of drug-likeness (QED) is 0.819. The summed E-state index contributed by atoms with van der Waals surface area (Å²) in [5.41, 5.74) is 1.22. The molecule has 0 aliphatic heterocycles. The van der Waals surface area contributed by atoms with Gasteiger partial charge in [-0.25, -0.2) is 0 Å². The van der Waals surface area contributed by atoms with Crippen molar-refractivity contribution in [3.05, 3.63) is 48.3 Å². The fourth-order valence-electron chi connectivity index (χ4n) is 1.59. The Morgan fingerprint density at radius 1 is 1.33 bits per heavy atom. The molecule has 0 unspecified atom stereocenters. The fourth-order valence-corrected chi connectivity index (χ4v) is 1.59. The van der Waals surface area contributed by atoms with Crippen molar-refractivity contribution in [3.63, 3.8) is 0 Å². The van der Waals surface area contributed by atoms with Crippen molar-refractivity contribution in [3.8, 4) is 0 Å². The van der Waals surface area contributed by atoms with Gasteiger partial charge in [0, 0.05) is 24.3 Å². The topological polar surface area (TPSA) is 24.9 Å². The first-order chi connectivity index (χ1) is 7.42. The van der Waals surface area contributed by atoms with Gasteiger partial charge in [0.1, 0.15) is 0 Å². The molecule has 0 fully saturated rings. The second kappa shape index (κ2) is 4.71. The molecule has 2 rings (SSSR count). The summed E-state index contributed by atoms with van der Waals surface area (Å²) in [7, 11) is 1.94. The summed E-state index contributed by atoms with van der Waals surface area (Å²) in [6, 6.07) is 8.31. The van der Waals surface area contributed by atoms with Crippen LogP contribution >= 0.6 is 0 Å². The van der Waals surface area contributed by atoms with Crippen LogP contribution in [0.2, 0.25) is 0 Å². The first kappa shape index (κ1) is 9.87. The molecule has 0 saturated heterocycles. The number of pyridine rings is 1. The summed E-state index contributed by atoms with van der Waals surface area (Å²) >= 11 is 0. The molecule has 0 spiro atoms. The number of likely N-dealkylation sites (N-methyl/N-ethyl adjacent to an activating group) is 1. The Hall–Kier alpha value is -1.67. The average Bonchev–Trinajstić information content (AvgIpc) is 2.30. The zero-order valence-electron chi connectivity index (χ0n) is 8.77. The summed E-state index contributed by atoms with van der Waals surface area (Å²) < 4.78 is 0. The SMILES string of the molecule is CNCC=Cc1cccc2ccncc12. The van der Waals surface area contributed by atoms with Crippen molar-refractivity contribution < 1.29 is 0 Å². The molecule has 0 aliphatic carbocycles. The summed E-state index contributed by atoms with van der Waals surface area (Å²) in [4.78, 5) is 4.15. The van der Waals surface area contributed by atoms with Gasteiger partial charge in [-0.2, -0.15) is 0 Å². The maximum absolute atomic E-state index is 4.15. The Morgan fingerprint density at radius 3 is 3.13 bits per heavy atom. The van der Waals surface area contributed by atoms with Gasteiger partial charge in [0.15, 0.2) is 0 Å². The predicted octanol–water partition coefficient (Wildman–Crippen LogP) is 2.47. The first-order valence-corrected chi connectivity index (χ1v) is 5.05. The molecule has 15 heavy (non-hydrogen) atoms. The van der Waals surface area contributed by atoms with Crippen LogP contribution in [0, 0.1) is 0 Å². The van der Waals surface area contributed by atoms with Gasteiger partial charge in [-0.15, -0.1) is 0 Å². The van der Waals surface area contributed by atoms with Crippen molar-refractivity contribution in [1.29, 1.82) is 0 Å². The molecule has 76 valence electrons. The van der Waals surface area contributed by atoms with E-state index < -0.39 is 0 Å². The van der Waals surface area contributed by atoms with Crippen LogP contribution in [-0.2, 0) is 0 Å². The molecule has 0 bridgehead atoms. The Balaban J connectivity index is 2.42. The van der Waals surface area contributed by atoms with Crippen molar-refractivity contribution >= 4 is 16.8 Å². The molecule has 0 aliphatic rings. The van der Waals surface area contributed by atoms with E-state index >= 15 is 0 Å². The van der Waals surface area contributed by atoms with E-state index in [4.69, 9.17) is 0 Å². The molecule has 2 heteroatoms. The number of nitrogens with zero attached hydrogens (tertiary/aromatic N) is 1. The molecule has 2 nitrogen and oxygen atoms in total. The van der Waals surface area contributed by atoms with Gasteiger partial charge >= 0.3 is 0 Å². The van der Waals surface area contributed by atoms with Gasteiger partial charge in [-0.05, 0) is 24.1 Å². The predicted molar refractivity (Wildman–Crippen MR) is 64.7 cm³/mol. The lowest BCUT2D eigenvalue weighted by atomic mass is 10.1. The smallest absolute Gasteiger partial charge is 0.0352 e. The lowest BCUT2D eigenvalue weighted by molar-refractivity contribution is 0.922. The Morgan fingerprint density at radius 2 is 2.27 bits per heavy atom. The molecular formula is C13H14N2. The van der Waals surface area contributed by atoms with E-state index in [9.17, 15) is 0 Å². The van der Waals surface area contributed by atoms with Crippen LogP contribution in [-0.4, -0.2) is 18.6 Å². The highest BCUT2D eigenvalue weighted by Crippen LogP contribution is 2.18.